The fourth-order valence-corrected chi connectivity index (χ4v) is 5.56. The second kappa shape index (κ2) is 8.67. The number of allylic oxidation sites excluding steroid dienone is 1. The molecule has 9 heteroatoms. The number of rotatable bonds is 8. The molecule has 0 saturated heterocycles. The molecule has 2 N–H and O–H groups in total. The van der Waals surface area contributed by atoms with Gasteiger partial charge in [0.05, 0.1) is 0 Å². The summed E-state index contributed by atoms with van der Waals surface area (Å²) < 4.78 is 7.12. The van der Waals surface area contributed by atoms with Gasteiger partial charge in [-0.05, 0) is 76.0 Å². The average molecular weight is 464 g/mol. The molecule has 3 heterocycles. The fraction of sp³-hybridized carbons (Fsp3) is 0.640. The fourth-order valence-electron chi connectivity index (χ4n) is 5.56. The lowest BCUT2D eigenvalue weighted by Crippen LogP contribution is -2.31. The molecule has 3 fully saturated rings. The molecule has 3 saturated carbocycles. The first-order valence-corrected chi connectivity index (χ1v) is 12.8. The Morgan fingerprint density at radius 1 is 1.15 bits per heavy atom. The van der Waals surface area contributed by atoms with Gasteiger partial charge in [0, 0.05) is 18.5 Å². The van der Waals surface area contributed by atoms with Crippen molar-refractivity contribution in [2.45, 2.75) is 83.2 Å². The van der Waals surface area contributed by atoms with E-state index in [1.54, 1.807) is 0 Å². The van der Waals surface area contributed by atoms with Crippen LogP contribution in [-0.2, 0) is 6.54 Å². The van der Waals surface area contributed by atoms with Crippen LogP contribution in [0, 0.1) is 17.8 Å². The molecule has 0 unspecified atom stereocenters. The Morgan fingerprint density at radius 2 is 1.94 bits per heavy atom. The van der Waals surface area contributed by atoms with Crippen LogP contribution in [0.1, 0.15) is 76.5 Å². The van der Waals surface area contributed by atoms with Crippen LogP contribution < -0.4 is 11.1 Å². The standard InChI is InChI=1S/C25H33N7O2/c1-3-15-7-9-16(10-8-15)13-32-19-20(26-14(2)17-5-4-6-17)27-22(23-30-25(33)34-31-23)28-21(19)29-24(32)18-11-12-18/h3,14-18H,1,4-13H2,2H3,(H,26,27,28)(H,30,31,33)/t14-,15?,16?/m1/s1. The van der Waals surface area contributed by atoms with Gasteiger partial charge < -0.3 is 9.88 Å². The second-order valence-corrected chi connectivity index (χ2v) is 10.5. The van der Waals surface area contributed by atoms with E-state index in [9.17, 15) is 4.79 Å². The summed E-state index contributed by atoms with van der Waals surface area (Å²) in [7, 11) is 0. The first-order valence-electron chi connectivity index (χ1n) is 12.8. The van der Waals surface area contributed by atoms with E-state index in [1.165, 1.54) is 57.8 Å². The Labute approximate surface area is 198 Å². The average Bonchev–Trinajstić information content (AvgIpc) is 3.45. The highest BCUT2D eigenvalue weighted by molar-refractivity contribution is 5.86. The number of aromatic amines is 1. The van der Waals surface area contributed by atoms with Crippen LogP contribution in [0.15, 0.2) is 22.0 Å². The van der Waals surface area contributed by atoms with E-state index in [1.807, 2.05) is 0 Å². The Hall–Kier alpha value is -2.97. The van der Waals surface area contributed by atoms with Crippen molar-refractivity contribution < 1.29 is 4.52 Å². The van der Waals surface area contributed by atoms with Crippen molar-refractivity contribution in [3.05, 3.63) is 29.0 Å². The van der Waals surface area contributed by atoms with Crippen LogP contribution >= 0.6 is 0 Å². The highest BCUT2D eigenvalue weighted by Gasteiger charge is 2.33. The molecule has 3 aliphatic carbocycles. The molecule has 0 radical (unpaired) electrons. The minimum atomic E-state index is -0.615. The van der Waals surface area contributed by atoms with Crippen molar-refractivity contribution in [2.24, 2.45) is 17.8 Å². The van der Waals surface area contributed by atoms with Crippen molar-refractivity contribution in [3.63, 3.8) is 0 Å². The molecule has 34 heavy (non-hydrogen) atoms. The predicted octanol–water partition coefficient (Wildman–Crippen LogP) is 4.64. The number of fused-ring (bicyclic) bond motifs is 1. The van der Waals surface area contributed by atoms with Gasteiger partial charge in [0.25, 0.3) is 0 Å². The molecule has 0 amide bonds. The molecule has 6 rings (SSSR count). The lowest BCUT2D eigenvalue weighted by molar-refractivity contribution is 0.281. The topological polar surface area (TPSA) is 115 Å². The molecule has 0 aliphatic heterocycles. The Balaban J connectivity index is 1.42. The summed E-state index contributed by atoms with van der Waals surface area (Å²) in [5, 5.41) is 7.52. The molecule has 3 aliphatic rings. The summed E-state index contributed by atoms with van der Waals surface area (Å²) in [6.45, 7) is 7.17. The maximum atomic E-state index is 11.6. The molecular formula is C25H33N7O2. The van der Waals surface area contributed by atoms with Gasteiger partial charge in [0.1, 0.15) is 11.3 Å². The SMILES string of the molecule is C=CC1CCC(Cn2c(C3CC3)nc3nc(-c4noc(=O)[nH]4)nc(N[C@H](C)C4CCC4)c32)CC1. The zero-order valence-electron chi connectivity index (χ0n) is 19.8. The zero-order chi connectivity index (χ0) is 23.2. The summed E-state index contributed by atoms with van der Waals surface area (Å²) in [4.78, 5) is 28.7. The quantitative estimate of drug-likeness (QED) is 0.468. The third-order valence-electron chi connectivity index (χ3n) is 8.11. The Bertz CT molecular complexity index is 1240. The van der Waals surface area contributed by atoms with E-state index in [0.29, 0.717) is 41.2 Å². The molecular weight excluding hydrogens is 430 g/mol. The van der Waals surface area contributed by atoms with Gasteiger partial charge in [-0.2, -0.15) is 0 Å². The molecule has 1 atom stereocenters. The largest absolute Gasteiger partial charge is 0.439 e. The summed E-state index contributed by atoms with van der Waals surface area (Å²) in [5.74, 6) is 4.26. The van der Waals surface area contributed by atoms with E-state index >= 15 is 0 Å². The first-order chi connectivity index (χ1) is 16.6. The van der Waals surface area contributed by atoms with Crippen molar-refractivity contribution in [1.29, 1.82) is 0 Å². The van der Waals surface area contributed by atoms with E-state index in [0.717, 1.165) is 23.7 Å². The number of hydrogen-bond acceptors (Lipinski definition) is 7. The monoisotopic (exact) mass is 463 g/mol. The van der Waals surface area contributed by atoms with Crippen LogP contribution in [0.3, 0.4) is 0 Å². The Morgan fingerprint density at radius 3 is 2.56 bits per heavy atom. The van der Waals surface area contributed by atoms with Crippen molar-refractivity contribution in [1.82, 2.24) is 29.7 Å². The number of H-pyrrole nitrogens is 1. The molecule has 0 bridgehead atoms. The van der Waals surface area contributed by atoms with E-state index in [4.69, 9.17) is 19.5 Å². The molecule has 0 spiro atoms. The van der Waals surface area contributed by atoms with E-state index < -0.39 is 5.76 Å². The zero-order valence-corrected chi connectivity index (χ0v) is 19.8. The van der Waals surface area contributed by atoms with Gasteiger partial charge in [-0.15, -0.1) is 6.58 Å². The second-order valence-electron chi connectivity index (χ2n) is 10.5. The third-order valence-corrected chi connectivity index (χ3v) is 8.11. The minimum Gasteiger partial charge on any atom is -0.365 e. The van der Waals surface area contributed by atoms with Crippen LogP contribution in [0.4, 0.5) is 5.82 Å². The first kappa shape index (κ1) is 21.6. The number of nitrogens with zero attached hydrogens (tertiary/aromatic N) is 5. The minimum absolute atomic E-state index is 0.233. The van der Waals surface area contributed by atoms with Gasteiger partial charge in [0.15, 0.2) is 11.5 Å². The maximum absolute atomic E-state index is 11.6. The molecule has 3 aromatic heterocycles. The highest BCUT2D eigenvalue weighted by Crippen LogP contribution is 2.43. The number of imidazole rings is 1. The van der Waals surface area contributed by atoms with Gasteiger partial charge in [0.2, 0.25) is 11.6 Å². The molecule has 180 valence electrons. The number of nitrogens with one attached hydrogen (secondary N) is 2. The van der Waals surface area contributed by atoms with Gasteiger partial charge >= 0.3 is 5.76 Å². The van der Waals surface area contributed by atoms with Crippen LogP contribution in [0.25, 0.3) is 22.8 Å². The van der Waals surface area contributed by atoms with Crippen molar-refractivity contribution in [2.75, 3.05) is 5.32 Å². The van der Waals surface area contributed by atoms with Crippen LogP contribution in [-0.4, -0.2) is 35.7 Å². The predicted molar refractivity (Wildman–Crippen MR) is 129 cm³/mol. The number of hydrogen-bond donors (Lipinski definition) is 2. The third kappa shape index (κ3) is 4.05. The highest BCUT2D eigenvalue weighted by atomic mass is 16.5. The smallest absolute Gasteiger partial charge is 0.365 e. The lowest BCUT2D eigenvalue weighted by Gasteiger charge is -2.32. The maximum Gasteiger partial charge on any atom is 0.439 e. The molecule has 0 aromatic carbocycles. The van der Waals surface area contributed by atoms with Crippen LogP contribution in [0.2, 0.25) is 0 Å². The normalized spacial score (nSPS) is 24.1. The molecule has 9 nitrogen and oxygen atoms in total. The summed E-state index contributed by atoms with van der Waals surface area (Å²) >= 11 is 0. The Kier molecular flexibility index (Phi) is 5.50. The van der Waals surface area contributed by atoms with Gasteiger partial charge in [-0.25, -0.2) is 19.7 Å². The summed E-state index contributed by atoms with van der Waals surface area (Å²) in [6, 6.07) is 0.298. The van der Waals surface area contributed by atoms with Crippen molar-refractivity contribution in [3.8, 4) is 11.6 Å². The summed E-state index contributed by atoms with van der Waals surface area (Å²) in [6.07, 6.45) is 13.1. The number of anilines is 1. The van der Waals surface area contributed by atoms with E-state index in [2.05, 4.69) is 39.6 Å². The van der Waals surface area contributed by atoms with Crippen LogP contribution in [0.5, 0.6) is 0 Å². The number of aromatic nitrogens is 6. The van der Waals surface area contributed by atoms with Gasteiger partial charge in [-0.1, -0.05) is 17.7 Å². The van der Waals surface area contributed by atoms with Gasteiger partial charge in [-0.3, -0.25) is 9.51 Å². The van der Waals surface area contributed by atoms with E-state index in [-0.39, 0.29) is 5.82 Å². The lowest BCUT2D eigenvalue weighted by atomic mass is 9.80. The summed E-state index contributed by atoms with van der Waals surface area (Å²) in [5.41, 5.74) is 1.65. The molecule has 3 aromatic rings. The van der Waals surface area contributed by atoms with Crippen molar-refractivity contribution >= 4 is 17.0 Å².